The van der Waals surface area contributed by atoms with Crippen molar-refractivity contribution in [3.8, 4) is 0 Å². The van der Waals surface area contributed by atoms with E-state index in [-0.39, 0.29) is 6.61 Å². The molecule has 0 saturated heterocycles. The topological polar surface area (TPSA) is 66.5 Å². The van der Waals surface area contributed by atoms with E-state index in [0.717, 1.165) is 12.3 Å². The predicted molar refractivity (Wildman–Crippen MR) is 95.8 cm³/mol. The fourth-order valence-electron chi connectivity index (χ4n) is 2.51. The highest BCUT2D eigenvalue weighted by Gasteiger charge is 2.08. The van der Waals surface area contributed by atoms with Gasteiger partial charge in [-0.25, -0.2) is 0 Å². The van der Waals surface area contributed by atoms with Crippen molar-refractivity contribution >= 4 is 0 Å². The first-order valence-electron chi connectivity index (χ1n) is 9.33. The lowest BCUT2D eigenvalue weighted by atomic mass is 9.99. The molecule has 3 nitrogen and oxygen atoms in total. The van der Waals surface area contributed by atoms with Crippen LogP contribution in [0, 0.1) is 5.92 Å². The Kier molecular flexibility index (Phi) is 15.2. The van der Waals surface area contributed by atoms with Crippen LogP contribution in [0.3, 0.4) is 0 Å². The summed E-state index contributed by atoms with van der Waals surface area (Å²) in [5.74, 6) is 0.901. The third-order valence-corrected chi connectivity index (χ3v) is 4.50. The van der Waals surface area contributed by atoms with Crippen LogP contribution in [0.4, 0.5) is 0 Å². The Morgan fingerprint density at radius 1 is 0.955 bits per heavy atom. The Morgan fingerprint density at radius 2 is 1.50 bits per heavy atom. The van der Waals surface area contributed by atoms with Gasteiger partial charge in [-0.1, -0.05) is 83.8 Å². The number of aliphatic hydroxyl groups excluding tert-OH is 2. The second kappa shape index (κ2) is 15.5. The van der Waals surface area contributed by atoms with E-state index in [0.29, 0.717) is 0 Å². The maximum atomic E-state index is 9.54. The van der Waals surface area contributed by atoms with Gasteiger partial charge in [-0.05, 0) is 18.8 Å². The lowest BCUT2D eigenvalue weighted by Crippen LogP contribution is -2.36. The van der Waals surface area contributed by atoms with Crippen LogP contribution in [0.25, 0.3) is 0 Å². The summed E-state index contributed by atoms with van der Waals surface area (Å²) >= 11 is 0. The zero-order chi connectivity index (χ0) is 16.6. The minimum Gasteiger partial charge on any atom is -0.395 e. The van der Waals surface area contributed by atoms with Crippen molar-refractivity contribution in [2.24, 2.45) is 11.7 Å². The van der Waals surface area contributed by atoms with E-state index in [2.05, 4.69) is 13.8 Å². The normalized spacial score (nSPS) is 16.0. The minimum absolute atomic E-state index is 0.178. The second-order valence-electron chi connectivity index (χ2n) is 6.68. The molecule has 0 aromatic carbocycles. The third kappa shape index (κ3) is 13.3. The molecule has 132 valence electrons. The van der Waals surface area contributed by atoms with Gasteiger partial charge in [0.1, 0.15) is 0 Å². The van der Waals surface area contributed by atoms with E-state index >= 15 is 0 Å². The molecule has 0 aliphatic rings. The molecule has 0 heterocycles. The third-order valence-electron chi connectivity index (χ3n) is 4.50. The molecule has 0 aromatic heterocycles. The molecule has 22 heavy (non-hydrogen) atoms. The largest absolute Gasteiger partial charge is 0.395 e. The monoisotopic (exact) mass is 313 g/mol. The fraction of sp³-hybridized carbons (Fsp3) is 0.895. The Morgan fingerprint density at radius 3 is 2.05 bits per heavy atom. The average molecular weight is 314 g/mol. The van der Waals surface area contributed by atoms with Gasteiger partial charge in [0.25, 0.3) is 0 Å². The van der Waals surface area contributed by atoms with E-state index in [9.17, 15) is 5.11 Å². The molecule has 0 rings (SSSR count). The first kappa shape index (κ1) is 21.6. The summed E-state index contributed by atoms with van der Waals surface area (Å²) in [5, 5.41) is 18.3. The maximum Gasteiger partial charge on any atom is 0.0894 e. The second-order valence-corrected chi connectivity index (χ2v) is 6.68. The molecule has 3 unspecified atom stereocenters. The fourth-order valence-corrected chi connectivity index (χ4v) is 2.51. The molecule has 0 amide bonds. The van der Waals surface area contributed by atoms with Gasteiger partial charge < -0.3 is 15.9 Å². The van der Waals surface area contributed by atoms with Gasteiger partial charge in [-0.3, -0.25) is 0 Å². The average Bonchev–Trinajstić information content (AvgIpc) is 2.54. The molecular formula is C19H39NO2. The zero-order valence-corrected chi connectivity index (χ0v) is 14.8. The van der Waals surface area contributed by atoms with E-state index < -0.39 is 12.1 Å². The number of aliphatic hydroxyl groups is 2. The first-order valence-corrected chi connectivity index (χ1v) is 9.33. The molecular weight excluding hydrogens is 274 g/mol. The van der Waals surface area contributed by atoms with Crippen LogP contribution in [0.15, 0.2) is 12.2 Å². The van der Waals surface area contributed by atoms with E-state index in [1.54, 1.807) is 6.08 Å². The predicted octanol–water partition coefficient (Wildman–Crippen LogP) is 4.17. The number of allylic oxidation sites excluding steroid dienone is 1. The van der Waals surface area contributed by atoms with E-state index in [4.69, 9.17) is 10.8 Å². The lowest BCUT2D eigenvalue weighted by molar-refractivity contribution is 0.144. The molecule has 0 radical (unpaired) electrons. The highest BCUT2D eigenvalue weighted by molar-refractivity contribution is 4.93. The molecule has 0 bridgehead atoms. The molecule has 4 N–H and O–H groups in total. The molecule has 3 atom stereocenters. The quantitative estimate of drug-likeness (QED) is 0.314. The number of hydrogen-bond donors (Lipinski definition) is 3. The number of hydrogen-bond acceptors (Lipinski definition) is 3. The SMILES string of the molecule is CCC(C)CCCCCCCCCCC=CC(O)C(N)CO. The molecule has 0 spiro atoms. The maximum absolute atomic E-state index is 9.54. The van der Waals surface area contributed by atoms with Crippen molar-refractivity contribution in [2.75, 3.05) is 6.61 Å². The zero-order valence-electron chi connectivity index (χ0n) is 14.8. The van der Waals surface area contributed by atoms with Crippen molar-refractivity contribution in [1.29, 1.82) is 0 Å². The van der Waals surface area contributed by atoms with Gasteiger partial charge >= 0.3 is 0 Å². The van der Waals surface area contributed by atoms with Gasteiger partial charge in [0.2, 0.25) is 0 Å². The number of rotatable bonds is 15. The van der Waals surface area contributed by atoms with Gasteiger partial charge in [0, 0.05) is 0 Å². The summed E-state index contributed by atoms with van der Waals surface area (Å²) in [6, 6.07) is -0.559. The standard InChI is InChI=1S/C19H39NO2/c1-3-17(2)14-12-10-8-6-4-5-7-9-11-13-15-19(22)18(20)16-21/h13,15,17-19,21-22H,3-12,14,16,20H2,1-2H3. The molecule has 0 aromatic rings. The summed E-state index contributed by atoms with van der Waals surface area (Å²) in [5.41, 5.74) is 5.52. The highest BCUT2D eigenvalue weighted by atomic mass is 16.3. The van der Waals surface area contributed by atoms with Gasteiger partial charge in [0.15, 0.2) is 0 Å². The molecule has 0 aliphatic carbocycles. The van der Waals surface area contributed by atoms with Crippen molar-refractivity contribution < 1.29 is 10.2 Å². The van der Waals surface area contributed by atoms with Crippen LogP contribution >= 0.6 is 0 Å². The van der Waals surface area contributed by atoms with Crippen molar-refractivity contribution in [2.45, 2.75) is 96.6 Å². The Balaban J connectivity index is 3.25. The Labute approximate surface area is 138 Å². The highest BCUT2D eigenvalue weighted by Crippen LogP contribution is 2.15. The van der Waals surface area contributed by atoms with Crippen LogP contribution in [0.2, 0.25) is 0 Å². The molecule has 0 fully saturated rings. The summed E-state index contributed by atoms with van der Waals surface area (Å²) in [7, 11) is 0. The number of unbranched alkanes of at least 4 members (excludes halogenated alkanes) is 8. The Hall–Kier alpha value is -0.380. The van der Waals surface area contributed by atoms with Gasteiger partial charge in [-0.2, -0.15) is 0 Å². The number of nitrogens with two attached hydrogens (primary N) is 1. The minimum atomic E-state index is -0.722. The van der Waals surface area contributed by atoms with Crippen LogP contribution in [0.5, 0.6) is 0 Å². The van der Waals surface area contributed by atoms with Gasteiger partial charge in [0.05, 0.1) is 18.8 Å². The van der Waals surface area contributed by atoms with Crippen molar-refractivity contribution in [3.63, 3.8) is 0 Å². The smallest absolute Gasteiger partial charge is 0.0894 e. The molecule has 0 aliphatic heterocycles. The molecule has 3 heteroatoms. The summed E-state index contributed by atoms with van der Waals surface area (Å²) < 4.78 is 0. The summed E-state index contributed by atoms with van der Waals surface area (Å²) in [6.45, 7) is 4.45. The molecule has 0 saturated carbocycles. The van der Waals surface area contributed by atoms with E-state index in [1.165, 1.54) is 64.2 Å². The first-order chi connectivity index (χ1) is 10.6. The lowest BCUT2D eigenvalue weighted by Gasteiger charge is -2.11. The van der Waals surface area contributed by atoms with Crippen LogP contribution in [0.1, 0.15) is 84.5 Å². The van der Waals surface area contributed by atoms with E-state index in [1.807, 2.05) is 6.08 Å². The summed E-state index contributed by atoms with van der Waals surface area (Å²) in [6.07, 6.45) is 17.3. The summed E-state index contributed by atoms with van der Waals surface area (Å²) in [4.78, 5) is 0. The van der Waals surface area contributed by atoms with Crippen LogP contribution in [-0.2, 0) is 0 Å². The van der Waals surface area contributed by atoms with Crippen LogP contribution in [-0.4, -0.2) is 29.0 Å². The van der Waals surface area contributed by atoms with Crippen molar-refractivity contribution in [1.82, 2.24) is 0 Å². The van der Waals surface area contributed by atoms with Crippen LogP contribution < -0.4 is 5.73 Å². The Bertz CT molecular complexity index is 256. The van der Waals surface area contributed by atoms with Gasteiger partial charge in [-0.15, -0.1) is 0 Å². The van der Waals surface area contributed by atoms with Crippen molar-refractivity contribution in [3.05, 3.63) is 12.2 Å².